The Morgan fingerprint density at radius 2 is 2.00 bits per heavy atom. The lowest BCUT2D eigenvalue weighted by Crippen LogP contribution is -2.32. The molecule has 0 fully saturated rings. The minimum atomic E-state index is -0.451. The number of hydrogen-bond donors (Lipinski definition) is 2. The molecule has 0 saturated heterocycles. The highest BCUT2D eigenvalue weighted by atomic mass is 16.2. The zero-order valence-corrected chi connectivity index (χ0v) is 10.9. The molecule has 4 nitrogen and oxygen atoms in total. The summed E-state index contributed by atoms with van der Waals surface area (Å²) in [7, 11) is 0. The number of hydrogen-bond acceptors (Lipinski definition) is 2. The van der Waals surface area contributed by atoms with Gasteiger partial charge in [-0.2, -0.15) is 0 Å². The fourth-order valence-corrected chi connectivity index (χ4v) is 1.68. The predicted octanol–water partition coefficient (Wildman–Crippen LogP) is 1.63. The van der Waals surface area contributed by atoms with E-state index in [1.807, 2.05) is 26.0 Å². The van der Waals surface area contributed by atoms with Crippen LogP contribution in [0.3, 0.4) is 0 Å². The summed E-state index contributed by atoms with van der Waals surface area (Å²) in [6.45, 7) is 3.99. The van der Waals surface area contributed by atoms with Gasteiger partial charge in [-0.25, -0.2) is 0 Å². The quantitative estimate of drug-likeness (QED) is 0.803. The molecule has 98 valence electrons. The van der Waals surface area contributed by atoms with Gasteiger partial charge in [0, 0.05) is 18.0 Å². The van der Waals surface area contributed by atoms with Gasteiger partial charge in [0.2, 0.25) is 11.8 Å². The maximum atomic E-state index is 11.6. The highest BCUT2D eigenvalue weighted by Crippen LogP contribution is 2.10. The fraction of sp³-hybridized carbons (Fsp3) is 0.429. The lowest BCUT2D eigenvalue weighted by atomic mass is 10.0. The number of rotatable bonds is 6. The van der Waals surface area contributed by atoms with Crippen molar-refractivity contribution >= 4 is 11.8 Å². The van der Waals surface area contributed by atoms with E-state index in [0.717, 1.165) is 12.0 Å². The van der Waals surface area contributed by atoms with Gasteiger partial charge in [0.15, 0.2) is 0 Å². The number of amides is 2. The molecule has 0 aliphatic rings. The van der Waals surface area contributed by atoms with Crippen molar-refractivity contribution in [2.24, 2.45) is 5.73 Å². The van der Waals surface area contributed by atoms with Crippen molar-refractivity contribution in [2.75, 3.05) is 0 Å². The van der Waals surface area contributed by atoms with E-state index in [9.17, 15) is 9.59 Å². The Bertz CT molecular complexity index is 430. The Hall–Kier alpha value is -1.84. The molecule has 1 rings (SSSR count). The van der Waals surface area contributed by atoms with E-state index in [1.54, 1.807) is 12.1 Å². The van der Waals surface area contributed by atoms with E-state index in [0.29, 0.717) is 18.4 Å². The van der Waals surface area contributed by atoms with Gasteiger partial charge in [0.1, 0.15) is 0 Å². The normalized spacial score (nSPS) is 11.9. The van der Waals surface area contributed by atoms with E-state index in [2.05, 4.69) is 5.32 Å². The third kappa shape index (κ3) is 4.20. The van der Waals surface area contributed by atoms with E-state index in [-0.39, 0.29) is 11.9 Å². The van der Waals surface area contributed by atoms with Gasteiger partial charge in [-0.3, -0.25) is 9.59 Å². The largest absolute Gasteiger partial charge is 0.366 e. The Balaban J connectivity index is 2.58. The summed E-state index contributed by atoms with van der Waals surface area (Å²) in [6.07, 6.45) is 1.81. The van der Waals surface area contributed by atoms with Gasteiger partial charge in [0.25, 0.3) is 0 Å². The molecular weight excluding hydrogens is 228 g/mol. The van der Waals surface area contributed by atoms with Crippen LogP contribution in [0.5, 0.6) is 0 Å². The summed E-state index contributed by atoms with van der Waals surface area (Å²) >= 11 is 0. The average molecular weight is 248 g/mol. The van der Waals surface area contributed by atoms with Gasteiger partial charge >= 0.3 is 0 Å². The first-order valence-corrected chi connectivity index (χ1v) is 6.21. The number of benzene rings is 1. The van der Waals surface area contributed by atoms with Crippen LogP contribution in [-0.4, -0.2) is 17.9 Å². The zero-order chi connectivity index (χ0) is 13.5. The zero-order valence-electron chi connectivity index (χ0n) is 10.9. The van der Waals surface area contributed by atoms with Crippen molar-refractivity contribution in [3.63, 3.8) is 0 Å². The Labute approximate surface area is 108 Å². The summed E-state index contributed by atoms with van der Waals surface area (Å²) in [6, 6.07) is 7.31. The van der Waals surface area contributed by atoms with Crippen LogP contribution in [0, 0.1) is 0 Å². The molecule has 2 amide bonds. The minimum Gasteiger partial charge on any atom is -0.366 e. The second-order valence-corrected chi connectivity index (χ2v) is 4.40. The van der Waals surface area contributed by atoms with Gasteiger partial charge in [0.05, 0.1) is 0 Å². The van der Waals surface area contributed by atoms with Gasteiger partial charge in [-0.05, 0) is 31.4 Å². The highest BCUT2D eigenvalue weighted by Gasteiger charge is 2.10. The first-order valence-electron chi connectivity index (χ1n) is 6.21. The molecular formula is C14H20N2O2. The second-order valence-electron chi connectivity index (χ2n) is 4.40. The molecule has 4 heteroatoms. The fourth-order valence-electron chi connectivity index (χ4n) is 1.68. The van der Waals surface area contributed by atoms with Crippen LogP contribution in [0.15, 0.2) is 24.3 Å². The monoisotopic (exact) mass is 248 g/mol. The number of nitrogens with one attached hydrogen (secondary N) is 1. The Morgan fingerprint density at radius 3 is 2.61 bits per heavy atom. The molecule has 0 aromatic heterocycles. The Morgan fingerprint density at radius 1 is 1.33 bits per heavy atom. The summed E-state index contributed by atoms with van der Waals surface area (Å²) in [5.74, 6) is -0.448. The first-order chi connectivity index (χ1) is 8.54. The van der Waals surface area contributed by atoms with Gasteiger partial charge in [-0.15, -0.1) is 0 Å². The van der Waals surface area contributed by atoms with Crippen LogP contribution in [0.25, 0.3) is 0 Å². The third-order valence-corrected chi connectivity index (χ3v) is 2.92. The second kappa shape index (κ2) is 6.79. The van der Waals surface area contributed by atoms with Crippen molar-refractivity contribution in [2.45, 2.75) is 39.2 Å². The van der Waals surface area contributed by atoms with Crippen LogP contribution in [0.2, 0.25) is 0 Å². The van der Waals surface area contributed by atoms with Crippen LogP contribution in [0.1, 0.15) is 42.6 Å². The molecule has 3 N–H and O–H groups in total. The van der Waals surface area contributed by atoms with E-state index in [4.69, 9.17) is 5.73 Å². The highest BCUT2D eigenvalue weighted by molar-refractivity contribution is 5.94. The molecule has 18 heavy (non-hydrogen) atoms. The maximum absolute atomic E-state index is 11.6. The smallest absolute Gasteiger partial charge is 0.248 e. The number of carbonyl (C=O) groups is 2. The molecule has 0 saturated carbocycles. The standard InChI is InChI=1S/C14H20N2O2/c1-3-10(2)16-13(17)9-8-11-6-4-5-7-12(11)14(15)18/h4-7,10H,3,8-9H2,1-2H3,(H2,15,18)(H,16,17)/t10-/m0/s1. The molecule has 0 spiro atoms. The van der Waals surface area contributed by atoms with Crippen molar-refractivity contribution in [1.82, 2.24) is 5.32 Å². The molecule has 1 aromatic carbocycles. The van der Waals surface area contributed by atoms with Crippen molar-refractivity contribution < 1.29 is 9.59 Å². The van der Waals surface area contributed by atoms with Crippen LogP contribution in [-0.2, 0) is 11.2 Å². The number of primary amides is 1. The summed E-state index contributed by atoms with van der Waals surface area (Å²) < 4.78 is 0. The number of nitrogens with two attached hydrogens (primary N) is 1. The third-order valence-electron chi connectivity index (χ3n) is 2.92. The molecule has 0 bridgehead atoms. The van der Waals surface area contributed by atoms with Gasteiger partial charge < -0.3 is 11.1 Å². The first kappa shape index (κ1) is 14.2. The van der Waals surface area contributed by atoms with Gasteiger partial charge in [-0.1, -0.05) is 25.1 Å². The molecule has 0 aliphatic heterocycles. The summed E-state index contributed by atoms with van der Waals surface area (Å²) in [4.78, 5) is 22.9. The summed E-state index contributed by atoms with van der Waals surface area (Å²) in [5, 5.41) is 2.89. The van der Waals surface area contributed by atoms with Crippen molar-refractivity contribution in [3.05, 3.63) is 35.4 Å². The molecule has 1 aromatic rings. The average Bonchev–Trinajstić information content (AvgIpc) is 2.36. The molecule has 0 unspecified atom stereocenters. The number of carbonyl (C=O) groups excluding carboxylic acids is 2. The van der Waals surface area contributed by atoms with E-state index < -0.39 is 5.91 Å². The topological polar surface area (TPSA) is 72.2 Å². The SMILES string of the molecule is CC[C@H](C)NC(=O)CCc1ccccc1C(N)=O. The molecule has 0 heterocycles. The maximum Gasteiger partial charge on any atom is 0.248 e. The Kier molecular flexibility index (Phi) is 5.36. The van der Waals surface area contributed by atoms with E-state index in [1.165, 1.54) is 0 Å². The van der Waals surface area contributed by atoms with Crippen molar-refractivity contribution in [1.29, 1.82) is 0 Å². The predicted molar refractivity (Wildman–Crippen MR) is 71.2 cm³/mol. The van der Waals surface area contributed by atoms with Crippen molar-refractivity contribution in [3.8, 4) is 0 Å². The summed E-state index contributed by atoms with van der Waals surface area (Å²) in [5.41, 5.74) is 6.60. The lowest BCUT2D eigenvalue weighted by molar-refractivity contribution is -0.121. The number of aryl methyl sites for hydroxylation is 1. The molecule has 1 atom stereocenters. The van der Waals surface area contributed by atoms with Crippen LogP contribution < -0.4 is 11.1 Å². The van der Waals surface area contributed by atoms with Crippen LogP contribution in [0.4, 0.5) is 0 Å². The molecule has 0 radical (unpaired) electrons. The minimum absolute atomic E-state index is 0.00336. The molecule has 0 aliphatic carbocycles. The van der Waals surface area contributed by atoms with Crippen LogP contribution >= 0.6 is 0 Å². The lowest BCUT2D eigenvalue weighted by Gasteiger charge is -2.11. The van der Waals surface area contributed by atoms with E-state index >= 15 is 0 Å².